The average molecular weight is 211 g/mol. The third kappa shape index (κ3) is 2.93. The van der Waals surface area contributed by atoms with Crippen LogP contribution in [0.5, 0.6) is 0 Å². The molecule has 0 amide bonds. The largest absolute Gasteiger partial charge is 0.265 e. The molecule has 0 radical (unpaired) electrons. The van der Waals surface area contributed by atoms with E-state index in [1.165, 1.54) is 16.7 Å². The van der Waals surface area contributed by atoms with Crippen molar-refractivity contribution in [3.8, 4) is 0 Å². The number of benzene rings is 1. The number of hydrogen-bond donors (Lipinski definition) is 0. The molecule has 2 aromatic rings. The average Bonchev–Trinajstić information content (AvgIpc) is 2.38. The Bertz CT molecular complexity index is 434. The fraction of sp³-hybridized carbons (Fsp3) is 0.267. The van der Waals surface area contributed by atoms with Crippen molar-refractivity contribution in [2.24, 2.45) is 0 Å². The summed E-state index contributed by atoms with van der Waals surface area (Å²) in [5.74, 6) is 0. The molecule has 1 nitrogen and oxygen atoms in total. The van der Waals surface area contributed by atoms with Gasteiger partial charge in [0.15, 0.2) is 0 Å². The third-order valence-electron chi connectivity index (χ3n) is 2.85. The Labute approximate surface area is 97.2 Å². The molecule has 0 aliphatic heterocycles. The minimum absolute atomic E-state index is 1.09. The highest BCUT2D eigenvalue weighted by molar-refractivity contribution is 5.24. The Morgan fingerprint density at radius 3 is 2.31 bits per heavy atom. The molecule has 1 aromatic heterocycles. The number of aromatic nitrogens is 1. The first-order valence-electron chi connectivity index (χ1n) is 5.85. The number of aryl methyl sites for hydroxylation is 3. The van der Waals surface area contributed by atoms with E-state index in [4.69, 9.17) is 0 Å². The summed E-state index contributed by atoms with van der Waals surface area (Å²) in [6, 6.07) is 13.0. The van der Waals surface area contributed by atoms with E-state index in [1.54, 1.807) is 0 Å². The van der Waals surface area contributed by atoms with E-state index in [-0.39, 0.29) is 0 Å². The van der Waals surface area contributed by atoms with E-state index in [2.05, 4.69) is 48.3 Å². The maximum absolute atomic E-state index is 4.03. The van der Waals surface area contributed by atoms with Crippen LogP contribution in [0.15, 0.2) is 48.8 Å². The number of pyridine rings is 1. The quantitative estimate of drug-likeness (QED) is 0.755. The molecule has 1 aromatic carbocycles. The third-order valence-corrected chi connectivity index (χ3v) is 2.85. The smallest absolute Gasteiger partial charge is 0.0270 e. The van der Waals surface area contributed by atoms with Crippen LogP contribution in [-0.2, 0) is 19.3 Å². The van der Waals surface area contributed by atoms with Crippen molar-refractivity contribution in [3.05, 3.63) is 65.5 Å². The molecule has 0 aliphatic rings. The van der Waals surface area contributed by atoms with Crippen molar-refractivity contribution >= 4 is 0 Å². The van der Waals surface area contributed by atoms with Gasteiger partial charge in [0, 0.05) is 12.4 Å². The molecular weight excluding hydrogens is 194 g/mol. The van der Waals surface area contributed by atoms with Gasteiger partial charge in [0.05, 0.1) is 0 Å². The van der Waals surface area contributed by atoms with Crippen molar-refractivity contribution < 1.29 is 0 Å². The Morgan fingerprint density at radius 2 is 1.56 bits per heavy atom. The fourth-order valence-electron chi connectivity index (χ4n) is 1.84. The zero-order valence-electron chi connectivity index (χ0n) is 9.69. The van der Waals surface area contributed by atoms with Crippen LogP contribution in [0.1, 0.15) is 23.6 Å². The number of nitrogens with zero attached hydrogens (tertiary/aromatic N) is 1. The Balaban J connectivity index is 1.99. The molecule has 0 N–H and O–H groups in total. The van der Waals surface area contributed by atoms with Gasteiger partial charge in [-0.25, -0.2) is 0 Å². The van der Waals surface area contributed by atoms with Gasteiger partial charge in [-0.2, -0.15) is 0 Å². The minimum Gasteiger partial charge on any atom is -0.265 e. The predicted molar refractivity (Wildman–Crippen MR) is 67.5 cm³/mol. The van der Waals surface area contributed by atoms with Crippen LogP contribution in [0.25, 0.3) is 0 Å². The first-order chi connectivity index (χ1) is 7.88. The van der Waals surface area contributed by atoms with Gasteiger partial charge in [-0.3, -0.25) is 4.98 Å². The van der Waals surface area contributed by atoms with Crippen molar-refractivity contribution in [1.29, 1.82) is 0 Å². The SMILES string of the molecule is CCc1cccc(CCc2ccncc2)c1. The minimum atomic E-state index is 1.09. The van der Waals surface area contributed by atoms with Crippen LogP contribution in [0.4, 0.5) is 0 Å². The monoisotopic (exact) mass is 211 g/mol. The summed E-state index contributed by atoms with van der Waals surface area (Å²) in [6.07, 6.45) is 7.03. The van der Waals surface area contributed by atoms with Gasteiger partial charge in [-0.15, -0.1) is 0 Å². The van der Waals surface area contributed by atoms with Crippen LogP contribution in [0.2, 0.25) is 0 Å². The molecule has 16 heavy (non-hydrogen) atoms. The zero-order chi connectivity index (χ0) is 11.2. The molecule has 0 saturated heterocycles. The summed E-state index contributed by atoms with van der Waals surface area (Å²) in [7, 11) is 0. The van der Waals surface area contributed by atoms with Gasteiger partial charge in [0.25, 0.3) is 0 Å². The van der Waals surface area contributed by atoms with Crippen LogP contribution in [0.3, 0.4) is 0 Å². The summed E-state index contributed by atoms with van der Waals surface area (Å²) < 4.78 is 0. The molecule has 2 rings (SSSR count). The van der Waals surface area contributed by atoms with E-state index in [0.717, 1.165) is 19.3 Å². The number of rotatable bonds is 4. The fourth-order valence-corrected chi connectivity index (χ4v) is 1.84. The molecule has 0 spiro atoms. The van der Waals surface area contributed by atoms with Crippen LogP contribution in [-0.4, -0.2) is 4.98 Å². The summed E-state index contributed by atoms with van der Waals surface area (Å²) in [5, 5.41) is 0. The van der Waals surface area contributed by atoms with Gasteiger partial charge in [-0.1, -0.05) is 31.2 Å². The van der Waals surface area contributed by atoms with E-state index >= 15 is 0 Å². The highest BCUT2D eigenvalue weighted by Gasteiger charge is 1.96. The lowest BCUT2D eigenvalue weighted by atomic mass is 10.0. The standard InChI is InChI=1S/C15H17N/c1-2-13-4-3-5-15(12-13)7-6-14-8-10-16-11-9-14/h3-5,8-12H,2,6-7H2,1H3. The maximum Gasteiger partial charge on any atom is 0.0270 e. The molecular formula is C15H17N. The second-order valence-electron chi connectivity index (χ2n) is 4.03. The molecule has 1 heterocycles. The van der Waals surface area contributed by atoms with E-state index in [0.29, 0.717) is 0 Å². The van der Waals surface area contributed by atoms with Gasteiger partial charge in [0.1, 0.15) is 0 Å². The normalized spacial score (nSPS) is 10.3. The molecule has 0 saturated carbocycles. The molecule has 0 fully saturated rings. The van der Waals surface area contributed by atoms with E-state index in [1.807, 2.05) is 12.4 Å². The summed E-state index contributed by atoms with van der Waals surface area (Å²) in [5.41, 5.74) is 4.21. The number of hydrogen-bond acceptors (Lipinski definition) is 1. The molecule has 0 aliphatic carbocycles. The molecule has 0 atom stereocenters. The second-order valence-corrected chi connectivity index (χ2v) is 4.03. The summed E-state index contributed by atoms with van der Waals surface area (Å²) >= 11 is 0. The zero-order valence-corrected chi connectivity index (χ0v) is 9.69. The maximum atomic E-state index is 4.03. The molecule has 1 heteroatoms. The lowest BCUT2D eigenvalue weighted by molar-refractivity contribution is 0.949. The molecule has 82 valence electrons. The van der Waals surface area contributed by atoms with Crippen molar-refractivity contribution in [1.82, 2.24) is 4.98 Å². The predicted octanol–water partition coefficient (Wildman–Crippen LogP) is 3.43. The Morgan fingerprint density at radius 1 is 0.875 bits per heavy atom. The second kappa shape index (κ2) is 5.45. The molecule has 0 bridgehead atoms. The van der Waals surface area contributed by atoms with Gasteiger partial charge in [-0.05, 0) is 48.1 Å². The van der Waals surface area contributed by atoms with Crippen LogP contribution in [0, 0.1) is 0 Å². The van der Waals surface area contributed by atoms with Crippen molar-refractivity contribution in [2.75, 3.05) is 0 Å². The van der Waals surface area contributed by atoms with E-state index < -0.39 is 0 Å². The lowest BCUT2D eigenvalue weighted by Gasteiger charge is -2.04. The highest BCUT2D eigenvalue weighted by Crippen LogP contribution is 2.09. The van der Waals surface area contributed by atoms with Gasteiger partial charge >= 0.3 is 0 Å². The summed E-state index contributed by atoms with van der Waals surface area (Å²) in [4.78, 5) is 4.03. The Hall–Kier alpha value is -1.63. The topological polar surface area (TPSA) is 12.9 Å². The van der Waals surface area contributed by atoms with E-state index in [9.17, 15) is 0 Å². The van der Waals surface area contributed by atoms with Crippen molar-refractivity contribution in [2.45, 2.75) is 26.2 Å². The van der Waals surface area contributed by atoms with Crippen molar-refractivity contribution in [3.63, 3.8) is 0 Å². The highest BCUT2D eigenvalue weighted by atomic mass is 14.6. The first-order valence-corrected chi connectivity index (χ1v) is 5.85. The summed E-state index contributed by atoms with van der Waals surface area (Å²) in [6.45, 7) is 2.20. The van der Waals surface area contributed by atoms with Crippen LogP contribution >= 0.6 is 0 Å². The van der Waals surface area contributed by atoms with Gasteiger partial charge < -0.3 is 0 Å². The first kappa shape index (κ1) is 10.9. The Kier molecular flexibility index (Phi) is 3.71. The van der Waals surface area contributed by atoms with Gasteiger partial charge in [0.2, 0.25) is 0 Å². The molecule has 0 unspecified atom stereocenters. The lowest BCUT2D eigenvalue weighted by Crippen LogP contribution is -1.92. The van der Waals surface area contributed by atoms with Crippen LogP contribution < -0.4 is 0 Å².